The molecule has 10 heteroatoms. The number of hydrogen-bond acceptors (Lipinski definition) is 6. The summed E-state index contributed by atoms with van der Waals surface area (Å²) in [6, 6.07) is 10.3. The van der Waals surface area contributed by atoms with Crippen LogP contribution in [0.3, 0.4) is 0 Å². The second-order valence-corrected chi connectivity index (χ2v) is 12.2. The van der Waals surface area contributed by atoms with Crippen molar-refractivity contribution < 1.29 is 14.4 Å². The van der Waals surface area contributed by atoms with Gasteiger partial charge in [-0.05, 0) is 69.8 Å². The molecule has 0 saturated heterocycles. The fourth-order valence-corrected chi connectivity index (χ4v) is 7.57. The van der Waals surface area contributed by atoms with E-state index in [1.807, 2.05) is 22.8 Å². The molecule has 1 aromatic heterocycles. The minimum Gasteiger partial charge on any atom is -0.372 e. The van der Waals surface area contributed by atoms with Crippen molar-refractivity contribution in [3.63, 3.8) is 0 Å². The summed E-state index contributed by atoms with van der Waals surface area (Å²) in [4.78, 5) is 42.0. The monoisotopic (exact) mass is 555 g/mol. The smallest absolute Gasteiger partial charge is 0.265 e. The molecule has 3 aliphatic rings. The number of benzene rings is 1. The lowest BCUT2D eigenvalue weighted by molar-refractivity contribution is -0.130. The highest BCUT2D eigenvalue weighted by Gasteiger charge is 2.44. The average Bonchev–Trinajstić information content (AvgIpc) is 3.56. The average molecular weight is 556 g/mol. The third-order valence-corrected chi connectivity index (χ3v) is 9.64. The zero-order chi connectivity index (χ0) is 26.6. The van der Waals surface area contributed by atoms with E-state index in [0.717, 1.165) is 45.2 Å². The van der Waals surface area contributed by atoms with Crippen molar-refractivity contribution in [1.29, 1.82) is 0 Å². The summed E-state index contributed by atoms with van der Waals surface area (Å²) in [6.45, 7) is 4.53. The van der Waals surface area contributed by atoms with Gasteiger partial charge in [0.05, 0.1) is 5.92 Å². The molecule has 8 nitrogen and oxygen atoms in total. The van der Waals surface area contributed by atoms with Crippen LogP contribution in [0.4, 0.5) is 11.5 Å². The molecular weight excluding hydrogens is 518 g/mol. The molecule has 1 aliphatic heterocycles. The summed E-state index contributed by atoms with van der Waals surface area (Å²) in [7, 11) is 0. The number of rotatable bonds is 9. The molecule has 3 atom stereocenters. The Morgan fingerprint density at radius 3 is 2.66 bits per heavy atom. The predicted molar refractivity (Wildman–Crippen MR) is 153 cm³/mol. The number of carbonyl (C=O) groups is 3. The fourth-order valence-electron chi connectivity index (χ4n) is 6.20. The minimum atomic E-state index is -0.234. The molecule has 2 heterocycles. The molecule has 0 bridgehead atoms. The number of thiazole rings is 1. The number of hydrogen-bond donors (Lipinski definition) is 3. The van der Waals surface area contributed by atoms with Crippen molar-refractivity contribution in [1.82, 2.24) is 15.2 Å². The number of para-hydroxylation sites is 1. The summed E-state index contributed by atoms with van der Waals surface area (Å²) < 4.78 is 2.52. The van der Waals surface area contributed by atoms with Crippen LogP contribution in [-0.2, 0) is 9.59 Å². The van der Waals surface area contributed by atoms with Gasteiger partial charge in [-0.15, -0.1) is 0 Å². The van der Waals surface area contributed by atoms with Gasteiger partial charge in [0.15, 0.2) is 3.95 Å². The topological polar surface area (TPSA) is 95.5 Å². The van der Waals surface area contributed by atoms with Crippen molar-refractivity contribution in [2.45, 2.75) is 70.4 Å². The number of amides is 3. The first-order chi connectivity index (χ1) is 18.5. The number of anilines is 2. The minimum absolute atomic E-state index is 0.0414. The maximum absolute atomic E-state index is 13.1. The maximum atomic E-state index is 13.1. The van der Waals surface area contributed by atoms with E-state index in [1.54, 1.807) is 0 Å². The molecule has 3 unspecified atom stereocenters. The molecule has 204 valence electrons. The fraction of sp³-hybridized carbons (Fsp3) is 0.571. The van der Waals surface area contributed by atoms with Crippen molar-refractivity contribution >= 4 is 52.8 Å². The van der Waals surface area contributed by atoms with Crippen LogP contribution in [0.5, 0.6) is 0 Å². The second-order valence-electron chi connectivity index (χ2n) is 10.6. The van der Waals surface area contributed by atoms with Crippen LogP contribution in [0.25, 0.3) is 0 Å². The largest absolute Gasteiger partial charge is 0.372 e. The third-order valence-electron chi connectivity index (χ3n) is 8.24. The molecule has 1 aromatic carbocycles. The molecule has 38 heavy (non-hydrogen) atoms. The first-order valence-electron chi connectivity index (χ1n) is 13.9. The normalized spacial score (nSPS) is 22.8. The van der Waals surface area contributed by atoms with Gasteiger partial charge >= 0.3 is 0 Å². The van der Waals surface area contributed by atoms with Gasteiger partial charge < -0.3 is 25.4 Å². The molecule has 2 aliphatic carbocycles. The van der Waals surface area contributed by atoms with Crippen LogP contribution >= 0.6 is 23.6 Å². The van der Waals surface area contributed by atoms with Gasteiger partial charge in [-0.3, -0.25) is 14.4 Å². The lowest BCUT2D eigenvalue weighted by Gasteiger charge is -2.39. The molecule has 2 aromatic rings. The van der Waals surface area contributed by atoms with E-state index in [4.69, 9.17) is 12.2 Å². The van der Waals surface area contributed by atoms with E-state index in [9.17, 15) is 14.4 Å². The molecule has 3 N–H and O–H groups in total. The SMILES string of the molecule is CCN(CCCNC(=O)C1CCC2C(=O)Nc3c(C(=O)NC4CCCC4)sc(=S)n3C2C1)c1ccccc1. The molecule has 0 spiro atoms. The summed E-state index contributed by atoms with van der Waals surface area (Å²) in [5, 5.41) is 9.22. The lowest BCUT2D eigenvalue weighted by atomic mass is 9.76. The van der Waals surface area contributed by atoms with Crippen LogP contribution in [0.1, 0.15) is 74.0 Å². The first kappa shape index (κ1) is 26.9. The Balaban J connectivity index is 1.21. The molecule has 2 fully saturated rings. The Bertz CT molecular complexity index is 1220. The van der Waals surface area contributed by atoms with E-state index < -0.39 is 0 Å². The second kappa shape index (κ2) is 12.0. The van der Waals surface area contributed by atoms with E-state index in [-0.39, 0.29) is 41.6 Å². The molecule has 5 rings (SSSR count). The number of aromatic nitrogens is 1. The summed E-state index contributed by atoms with van der Waals surface area (Å²) in [6.07, 6.45) is 6.95. The van der Waals surface area contributed by atoms with Gasteiger partial charge in [0, 0.05) is 43.3 Å². The van der Waals surface area contributed by atoms with E-state index in [2.05, 4.69) is 39.9 Å². The first-order valence-corrected chi connectivity index (χ1v) is 15.1. The number of nitrogens with one attached hydrogen (secondary N) is 3. The van der Waals surface area contributed by atoms with Gasteiger partial charge in [0.25, 0.3) is 5.91 Å². The van der Waals surface area contributed by atoms with Crippen molar-refractivity contribution in [3.8, 4) is 0 Å². The molecule has 3 amide bonds. The number of carbonyl (C=O) groups excluding carboxylic acids is 3. The summed E-state index contributed by atoms with van der Waals surface area (Å²) in [5.41, 5.74) is 1.19. The maximum Gasteiger partial charge on any atom is 0.265 e. The van der Waals surface area contributed by atoms with Crippen molar-refractivity contribution in [2.75, 3.05) is 29.9 Å². The highest BCUT2D eigenvalue weighted by atomic mass is 32.1. The highest BCUT2D eigenvalue weighted by Crippen LogP contribution is 2.45. The summed E-state index contributed by atoms with van der Waals surface area (Å²) >= 11 is 6.93. The van der Waals surface area contributed by atoms with Crippen LogP contribution < -0.4 is 20.9 Å². The van der Waals surface area contributed by atoms with Gasteiger partial charge in [0.2, 0.25) is 11.8 Å². The zero-order valence-electron chi connectivity index (χ0n) is 21.9. The van der Waals surface area contributed by atoms with Gasteiger partial charge in [-0.25, -0.2) is 0 Å². The Hall–Kier alpha value is -2.72. The van der Waals surface area contributed by atoms with Crippen LogP contribution in [0, 0.1) is 15.8 Å². The Labute approximate surface area is 233 Å². The zero-order valence-corrected chi connectivity index (χ0v) is 23.5. The van der Waals surface area contributed by atoms with Gasteiger partial charge in [-0.1, -0.05) is 42.4 Å². The van der Waals surface area contributed by atoms with E-state index in [0.29, 0.717) is 40.5 Å². The molecule has 0 radical (unpaired) electrons. The number of nitrogens with zero attached hydrogens (tertiary/aromatic N) is 2. The van der Waals surface area contributed by atoms with Crippen LogP contribution in [-0.4, -0.2) is 48.0 Å². The predicted octanol–water partition coefficient (Wildman–Crippen LogP) is 4.89. The molecular formula is C28H37N5O3S2. The summed E-state index contributed by atoms with van der Waals surface area (Å²) in [5.74, 6) is -0.103. The standard InChI is InChI=1S/C28H37N5O3S2/c1-2-32(20-11-4-3-5-12-20)16-8-15-29-25(34)18-13-14-21-22(17-18)33-24(31-26(21)35)23(38-28(33)37)27(36)30-19-9-6-7-10-19/h3-5,11-12,18-19,21-22H,2,6-10,13-17H2,1H3,(H,29,34)(H,30,36)(H,31,35). The molecule has 2 saturated carbocycles. The van der Waals surface area contributed by atoms with Crippen molar-refractivity contribution in [3.05, 3.63) is 39.2 Å². The third kappa shape index (κ3) is 5.66. The Morgan fingerprint density at radius 2 is 1.92 bits per heavy atom. The Morgan fingerprint density at radius 1 is 1.16 bits per heavy atom. The van der Waals surface area contributed by atoms with Crippen LogP contribution in [0.2, 0.25) is 0 Å². The van der Waals surface area contributed by atoms with Gasteiger partial charge in [-0.2, -0.15) is 0 Å². The van der Waals surface area contributed by atoms with Crippen molar-refractivity contribution in [2.24, 2.45) is 11.8 Å². The highest BCUT2D eigenvalue weighted by molar-refractivity contribution is 7.73. The number of fused-ring (bicyclic) bond motifs is 3. The quantitative estimate of drug-likeness (QED) is 0.302. The lowest BCUT2D eigenvalue weighted by Crippen LogP contribution is -2.44. The van der Waals surface area contributed by atoms with Gasteiger partial charge in [0.1, 0.15) is 10.7 Å². The van der Waals surface area contributed by atoms with Crippen LogP contribution in [0.15, 0.2) is 30.3 Å². The van der Waals surface area contributed by atoms with E-state index in [1.165, 1.54) is 17.0 Å². The Kier molecular flexibility index (Phi) is 8.48. The van der Waals surface area contributed by atoms with E-state index >= 15 is 0 Å².